The molecule has 1 aromatic carbocycles. The van der Waals surface area contributed by atoms with Gasteiger partial charge in [0.25, 0.3) is 0 Å². The lowest BCUT2D eigenvalue weighted by molar-refractivity contribution is 0.183. The Morgan fingerprint density at radius 3 is 2.61 bits per heavy atom. The fourth-order valence-corrected chi connectivity index (χ4v) is 1.86. The molecule has 3 nitrogen and oxygen atoms in total. The summed E-state index contributed by atoms with van der Waals surface area (Å²) in [6.07, 6.45) is 0.709. The van der Waals surface area contributed by atoms with Crippen LogP contribution in [0, 0.1) is 5.82 Å². The first kappa shape index (κ1) is 15.1. The van der Waals surface area contributed by atoms with Gasteiger partial charge in [-0.1, -0.05) is 12.1 Å². The molecule has 0 amide bonds. The summed E-state index contributed by atoms with van der Waals surface area (Å²) in [5, 5.41) is 8.87. The number of aliphatic hydroxyl groups is 1. The van der Waals surface area contributed by atoms with E-state index in [9.17, 15) is 4.39 Å². The normalized spacial score (nSPS) is 11.5. The third-order valence-electron chi connectivity index (χ3n) is 3.06. The highest BCUT2D eigenvalue weighted by Gasteiger charge is 2.12. The van der Waals surface area contributed by atoms with Gasteiger partial charge in [-0.25, -0.2) is 4.39 Å². The summed E-state index contributed by atoms with van der Waals surface area (Å²) in [7, 11) is 0. The molecule has 0 radical (unpaired) electrons. The fraction of sp³-hybridized carbons (Fsp3) is 0.571. The smallest absolute Gasteiger partial charge is 0.128 e. The van der Waals surface area contributed by atoms with Crippen LogP contribution in [-0.2, 0) is 13.1 Å². The van der Waals surface area contributed by atoms with Crippen LogP contribution in [0.2, 0.25) is 0 Å². The number of hydrogen-bond acceptors (Lipinski definition) is 3. The van der Waals surface area contributed by atoms with Gasteiger partial charge >= 0.3 is 0 Å². The summed E-state index contributed by atoms with van der Waals surface area (Å²) < 4.78 is 13.9. The number of rotatable bonds is 7. The van der Waals surface area contributed by atoms with Crippen molar-refractivity contribution in [2.45, 2.75) is 39.4 Å². The topological polar surface area (TPSA) is 49.5 Å². The predicted octanol–water partition coefficient (Wildman–Crippen LogP) is 1.88. The lowest BCUT2D eigenvalue weighted by Crippen LogP contribution is -2.32. The Labute approximate surface area is 108 Å². The first-order chi connectivity index (χ1) is 8.58. The zero-order valence-electron chi connectivity index (χ0n) is 11.2. The number of hydrogen-bond donors (Lipinski definition) is 2. The van der Waals surface area contributed by atoms with Gasteiger partial charge in [0.2, 0.25) is 0 Å². The maximum Gasteiger partial charge on any atom is 0.128 e. The molecular weight excluding hydrogens is 231 g/mol. The van der Waals surface area contributed by atoms with Gasteiger partial charge in [0.05, 0.1) is 0 Å². The van der Waals surface area contributed by atoms with Gasteiger partial charge < -0.3 is 10.8 Å². The quantitative estimate of drug-likeness (QED) is 0.781. The van der Waals surface area contributed by atoms with Crippen LogP contribution >= 0.6 is 0 Å². The van der Waals surface area contributed by atoms with E-state index in [0.29, 0.717) is 31.1 Å². The maximum atomic E-state index is 13.9. The zero-order chi connectivity index (χ0) is 13.5. The van der Waals surface area contributed by atoms with Gasteiger partial charge in [-0.05, 0) is 31.9 Å². The monoisotopic (exact) mass is 254 g/mol. The van der Waals surface area contributed by atoms with Gasteiger partial charge in [0.15, 0.2) is 0 Å². The lowest BCUT2D eigenvalue weighted by Gasteiger charge is -2.26. The molecule has 0 saturated heterocycles. The Balaban J connectivity index is 2.74. The molecule has 102 valence electrons. The van der Waals surface area contributed by atoms with Gasteiger partial charge in [0.1, 0.15) is 5.82 Å². The average Bonchev–Trinajstić information content (AvgIpc) is 2.35. The molecule has 0 fully saturated rings. The molecule has 0 heterocycles. The highest BCUT2D eigenvalue weighted by molar-refractivity contribution is 5.24. The summed E-state index contributed by atoms with van der Waals surface area (Å²) in [6.45, 7) is 6.00. The summed E-state index contributed by atoms with van der Waals surface area (Å²) >= 11 is 0. The van der Waals surface area contributed by atoms with Crippen molar-refractivity contribution in [2.24, 2.45) is 5.73 Å². The van der Waals surface area contributed by atoms with Crippen LogP contribution in [0.3, 0.4) is 0 Å². The van der Waals surface area contributed by atoms with E-state index >= 15 is 0 Å². The molecule has 0 aliphatic rings. The van der Waals surface area contributed by atoms with Gasteiger partial charge in [0, 0.05) is 37.8 Å². The van der Waals surface area contributed by atoms with E-state index in [4.69, 9.17) is 10.8 Å². The van der Waals surface area contributed by atoms with Crippen LogP contribution in [0.15, 0.2) is 18.2 Å². The maximum absolute atomic E-state index is 13.9. The predicted molar refractivity (Wildman–Crippen MR) is 71.5 cm³/mol. The van der Waals surface area contributed by atoms with E-state index < -0.39 is 0 Å². The first-order valence-corrected chi connectivity index (χ1v) is 6.40. The van der Waals surface area contributed by atoms with Crippen LogP contribution in [0.4, 0.5) is 4.39 Å². The minimum Gasteiger partial charge on any atom is -0.396 e. The van der Waals surface area contributed by atoms with Crippen molar-refractivity contribution in [3.05, 3.63) is 35.1 Å². The second kappa shape index (κ2) is 7.46. The molecule has 4 heteroatoms. The Morgan fingerprint density at radius 2 is 2.11 bits per heavy atom. The summed E-state index contributed by atoms with van der Waals surface area (Å²) in [5.74, 6) is -0.201. The number of halogens is 1. The third-order valence-corrected chi connectivity index (χ3v) is 3.06. The second-order valence-corrected chi connectivity index (χ2v) is 4.77. The highest BCUT2D eigenvalue weighted by atomic mass is 19.1. The van der Waals surface area contributed by atoms with Crippen molar-refractivity contribution in [3.63, 3.8) is 0 Å². The molecule has 0 aromatic heterocycles. The van der Waals surface area contributed by atoms with Gasteiger partial charge in [-0.2, -0.15) is 0 Å². The van der Waals surface area contributed by atoms with Crippen molar-refractivity contribution < 1.29 is 9.50 Å². The Morgan fingerprint density at radius 1 is 1.39 bits per heavy atom. The van der Waals surface area contributed by atoms with E-state index in [0.717, 1.165) is 12.1 Å². The summed E-state index contributed by atoms with van der Waals surface area (Å²) in [4.78, 5) is 2.15. The molecule has 0 atom stereocenters. The third kappa shape index (κ3) is 4.37. The van der Waals surface area contributed by atoms with Crippen molar-refractivity contribution in [2.75, 3.05) is 13.2 Å². The molecule has 0 spiro atoms. The van der Waals surface area contributed by atoms with Crippen LogP contribution in [-0.4, -0.2) is 29.2 Å². The van der Waals surface area contributed by atoms with E-state index in [-0.39, 0.29) is 12.4 Å². The van der Waals surface area contributed by atoms with Crippen molar-refractivity contribution in [3.8, 4) is 0 Å². The molecule has 0 aliphatic carbocycles. The Hall–Kier alpha value is -0.970. The molecule has 18 heavy (non-hydrogen) atoms. The Kier molecular flexibility index (Phi) is 6.25. The highest BCUT2D eigenvalue weighted by Crippen LogP contribution is 2.14. The molecule has 0 aliphatic heterocycles. The molecule has 1 aromatic rings. The van der Waals surface area contributed by atoms with Crippen molar-refractivity contribution in [1.29, 1.82) is 0 Å². The van der Waals surface area contributed by atoms with Crippen LogP contribution in [0.25, 0.3) is 0 Å². The van der Waals surface area contributed by atoms with E-state index in [2.05, 4.69) is 18.7 Å². The van der Waals surface area contributed by atoms with Crippen LogP contribution in [0.1, 0.15) is 31.4 Å². The minimum atomic E-state index is -0.201. The first-order valence-electron chi connectivity index (χ1n) is 6.40. The molecule has 0 bridgehead atoms. The molecule has 3 N–H and O–H groups in total. The van der Waals surface area contributed by atoms with E-state index in [1.165, 1.54) is 6.07 Å². The summed E-state index contributed by atoms with van der Waals surface area (Å²) in [5.41, 5.74) is 6.97. The molecule has 0 unspecified atom stereocenters. The van der Waals surface area contributed by atoms with Crippen LogP contribution in [0.5, 0.6) is 0 Å². The summed E-state index contributed by atoms with van der Waals surface area (Å²) in [6, 6.07) is 5.49. The van der Waals surface area contributed by atoms with Gasteiger partial charge in [-0.3, -0.25) is 4.90 Å². The van der Waals surface area contributed by atoms with Crippen molar-refractivity contribution >= 4 is 0 Å². The van der Waals surface area contributed by atoms with E-state index in [1.807, 2.05) is 6.07 Å². The molecular formula is C14H23FN2O. The zero-order valence-corrected chi connectivity index (χ0v) is 11.2. The largest absolute Gasteiger partial charge is 0.396 e. The van der Waals surface area contributed by atoms with Gasteiger partial charge in [-0.15, -0.1) is 0 Å². The second-order valence-electron chi connectivity index (χ2n) is 4.77. The number of aliphatic hydroxyl groups excluding tert-OH is 1. The average molecular weight is 254 g/mol. The van der Waals surface area contributed by atoms with Crippen molar-refractivity contribution in [1.82, 2.24) is 4.90 Å². The number of benzene rings is 1. The van der Waals surface area contributed by atoms with E-state index in [1.54, 1.807) is 6.07 Å². The standard InChI is InChI=1S/C14H23FN2O/c1-11(2)17(6-3-7-18)10-13-5-4-12(9-16)8-14(13)15/h4-5,8,11,18H,3,6-7,9-10,16H2,1-2H3. The number of nitrogens with two attached hydrogens (primary N) is 1. The molecule has 0 saturated carbocycles. The van der Waals surface area contributed by atoms with Crippen LogP contribution < -0.4 is 5.73 Å². The SMILES string of the molecule is CC(C)N(CCCO)Cc1ccc(CN)cc1F. The number of nitrogens with zero attached hydrogens (tertiary/aromatic N) is 1. The molecule has 1 rings (SSSR count). The fourth-order valence-electron chi connectivity index (χ4n) is 1.86. The Bertz CT molecular complexity index is 369. The lowest BCUT2D eigenvalue weighted by atomic mass is 10.1. The minimum absolute atomic E-state index is 0.164.